The molecule has 0 spiro atoms. The first-order valence-corrected chi connectivity index (χ1v) is 9.07. The Kier molecular flexibility index (Phi) is 5.18. The van der Waals surface area contributed by atoms with Crippen LogP contribution in [0.4, 0.5) is 8.78 Å². The Labute approximate surface area is 169 Å². The van der Waals surface area contributed by atoms with Crippen LogP contribution in [0.1, 0.15) is 5.56 Å². The Morgan fingerprint density at radius 2 is 1.93 bits per heavy atom. The number of aromatic nitrogens is 2. The molecule has 0 saturated heterocycles. The highest BCUT2D eigenvalue weighted by Crippen LogP contribution is 2.24. The van der Waals surface area contributed by atoms with E-state index in [2.05, 4.69) is 9.72 Å². The van der Waals surface area contributed by atoms with Gasteiger partial charge in [0, 0.05) is 19.0 Å². The van der Waals surface area contributed by atoms with Gasteiger partial charge in [-0.15, -0.1) is 0 Å². The van der Waals surface area contributed by atoms with Crippen molar-refractivity contribution in [1.82, 2.24) is 14.5 Å². The third-order valence-corrected chi connectivity index (χ3v) is 4.65. The van der Waals surface area contributed by atoms with E-state index in [1.807, 2.05) is 12.1 Å². The fourth-order valence-electron chi connectivity index (χ4n) is 3.13. The molecule has 0 aliphatic carbocycles. The molecule has 0 N–H and O–H groups in total. The normalized spacial score (nSPS) is 11.3. The number of nitrogens with zero attached hydrogens (tertiary/aromatic N) is 3. The van der Waals surface area contributed by atoms with Crippen LogP contribution in [0.2, 0.25) is 0 Å². The molecule has 0 saturated carbocycles. The summed E-state index contributed by atoms with van der Waals surface area (Å²) in [5, 5.41) is 0.736. The van der Waals surface area contributed by atoms with E-state index in [9.17, 15) is 18.4 Å². The summed E-state index contributed by atoms with van der Waals surface area (Å²) in [6.07, 6.45) is 1.33. The first kappa shape index (κ1) is 19.6. The summed E-state index contributed by atoms with van der Waals surface area (Å²) in [5.41, 5.74) is 1.40. The lowest BCUT2D eigenvalue weighted by molar-refractivity contribution is -0.131. The zero-order valence-electron chi connectivity index (χ0n) is 15.9. The number of ether oxygens (including phenoxy) is 1. The third-order valence-electron chi connectivity index (χ3n) is 4.65. The Morgan fingerprint density at radius 1 is 1.20 bits per heavy atom. The van der Waals surface area contributed by atoms with E-state index in [1.54, 1.807) is 31.3 Å². The van der Waals surface area contributed by atoms with Crippen LogP contribution >= 0.6 is 0 Å². The van der Waals surface area contributed by atoms with Gasteiger partial charge in [-0.25, -0.2) is 4.98 Å². The third kappa shape index (κ3) is 3.86. The molecule has 1 amide bonds. The topological polar surface area (TPSA) is 77.6 Å². The van der Waals surface area contributed by atoms with Crippen LogP contribution in [0, 0.1) is 0 Å². The van der Waals surface area contributed by atoms with Crippen LogP contribution in [0.25, 0.3) is 22.1 Å². The van der Waals surface area contributed by atoms with Gasteiger partial charge in [-0.3, -0.25) is 14.2 Å². The first-order valence-electron chi connectivity index (χ1n) is 9.07. The second kappa shape index (κ2) is 7.94. The number of amides is 1. The number of carbonyl (C=O) groups excluding carboxylic acids is 1. The molecule has 7 nitrogen and oxygen atoms in total. The molecule has 30 heavy (non-hydrogen) atoms. The first-order chi connectivity index (χ1) is 14.4. The molecular weight excluding hydrogens is 396 g/mol. The van der Waals surface area contributed by atoms with Crippen LogP contribution in [-0.2, 0) is 17.9 Å². The SMILES string of the molecule is CN(Cc1ccc(OC(F)F)cc1)C(=O)Cn1cnc2c(oc3ccccc32)c1=O. The molecule has 0 unspecified atom stereocenters. The second-order valence-electron chi connectivity index (χ2n) is 6.73. The number of rotatable bonds is 6. The second-order valence-corrected chi connectivity index (χ2v) is 6.73. The summed E-state index contributed by atoms with van der Waals surface area (Å²) in [4.78, 5) is 31.0. The summed E-state index contributed by atoms with van der Waals surface area (Å²) in [7, 11) is 1.59. The summed E-state index contributed by atoms with van der Waals surface area (Å²) >= 11 is 0. The van der Waals surface area contributed by atoms with Crippen LogP contribution in [0.3, 0.4) is 0 Å². The molecule has 2 aromatic heterocycles. The van der Waals surface area contributed by atoms with Crippen molar-refractivity contribution in [3.8, 4) is 5.75 Å². The number of carbonyl (C=O) groups is 1. The molecule has 0 radical (unpaired) electrons. The van der Waals surface area contributed by atoms with Gasteiger partial charge < -0.3 is 14.1 Å². The molecule has 0 bridgehead atoms. The lowest BCUT2D eigenvalue weighted by Gasteiger charge is -2.18. The Morgan fingerprint density at radius 3 is 2.67 bits per heavy atom. The van der Waals surface area contributed by atoms with Crippen molar-refractivity contribution in [1.29, 1.82) is 0 Å². The number of hydrogen-bond acceptors (Lipinski definition) is 5. The zero-order chi connectivity index (χ0) is 21.3. The van der Waals surface area contributed by atoms with Crippen molar-refractivity contribution < 1.29 is 22.7 Å². The molecular formula is C21H17F2N3O4. The number of hydrogen-bond donors (Lipinski definition) is 0. The number of halogens is 2. The number of fused-ring (bicyclic) bond motifs is 3. The average Bonchev–Trinajstić information content (AvgIpc) is 3.10. The van der Waals surface area contributed by atoms with Crippen molar-refractivity contribution in [2.75, 3.05) is 7.05 Å². The number of alkyl halides is 2. The number of furan rings is 1. The maximum Gasteiger partial charge on any atom is 0.387 e. The van der Waals surface area contributed by atoms with Gasteiger partial charge in [0.1, 0.15) is 23.4 Å². The predicted molar refractivity (Wildman–Crippen MR) is 105 cm³/mol. The highest BCUT2D eigenvalue weighted by Gasteiger charge is 2.16. The van der Waals surface area contributed by atoms with Crippen LogP contribution in [0.15, 0.2) is 64.1 Å². The molecule has 0 aliphatic rings. The van der Waals surface area contributed by atoms with Gasteiger partial charge in [0.05, 0.1) is 6.33 Å². The molecule has 2 heterocycles. The summed E-state index contributed by atoms with van der Waals surface area (Å²) in [5.74, 6) is -0.276. The van der Waals surface area contributed by atoms with Crippen molar-refractivity contribution in [3.63, 3.8) is 0 Å². The predicted octanol–water partition coefficient (Wildman–Crippen LogP) is 3.40. The molecule has 4 rings (SSSR count). The molecule has 0 aliphatic heterocycles. The van der Waals surface area contributed by atoms with E-state index in [1.165, 1.54) is 27.9 Å². The van der Waals surface area contributed by atoms with E-state index in [-0.39, 0.29) is 30.3 Å². The van der Waals surface area contributed by atoms with Gasteiger partial charge in [-0.2, -0.15) is 8.78 Å². The number of benzene rings is 2. The van der Waals surface area contributed by atoms with Crippen LogP contribution in [0.5, 0.6) is 5.75 Å². The van der Waals surface area contributed by atoms with E-state index in [4.69, 9.17) is 4.42 Å². The lowest BCUT2D eigenvalue weighted by Crippen LogP contribution is -2.33. The monoisotopic (exact) mass is 413 g/mol. The maximum atomic E-state index is 12.7. The highest BCUT2D eigenvalue weighted by molar-refractivity contribution is 6.01. The van der Waals surface area contributed by atoms with Gasteiger partial charge >= 0.3 is 6.61 Å². The molecule has 0 atom stereocenters. The minimum Gasteiger partial charge on any atom is -0.448 e. The van der Waals surface area contributed by atoms with Gasteiger partial charge in [0.2, 0.25) is 11.5 Å². The smallest absolute Gasteiger partial charge is 0.387 e. The lowest BCUT2D eigenvalue weighted by atomic mass is 10.2. The fourth-order valence-corrected chi connectivity index (χ4v) is 3.13. The quantitative estimate of drug-likeness (QED) is 0.484. The fraction of sp³-hybridized carbons (Fsp3) is 0.190. The minimum atomic E-state index is -2.89. The standard InChI is InChI=1S/C21H17F2N3O4/c1-25(10-13-6-8-14(9-7-13)29-21(22)23)17(27)11-26-12-24-18-15-4-2-3-5-16(15)30-19(18)20(26)28/h2-9,12,21H,10-11H2,1H3. The van der Waals surface area contributed by atoms with Gasteiger partial charge in [-0.05, 0) is 29.8 Å². The van der Waals surface area contributed by atoms with E-state index >= 15 is 0 Å². The number of para-hydroxylation sites is 1. The molecule has 9 heteroatoms. The number of likely N-dealkylation sites (N-methyl/N-ethyl adjacent to an activating group) is 1. The molecule has 2 aromatic carbocycles. The minimum absolute atomic E-state index is 0.0412. The average molecular weight is 413 g/mol. The van der Waals surface area contributed by atoms with Gasteiger partial charge in [-0.1, -0.05) is 24.3 Å². The summed E-state index contributed by atoms with van der Waals surface area (Å²) in [6, 6.07) is 13.2. The van der Waals surface area contributed by atoms with Crippen LogP contribution < -0.4 is 10.3 Å². The van der Waals surface area contributed by atoms with E-state index in [0.29, 0.717) is 11.1 Å². The van der Waals surface area contributed by atoms with Crippen molar-refractivity contribution >= 4 is 28.0 Å². The van der Waals surface area contributed by atoms with Crippen molar-refractivity contribution in [2.24, 2.45) is 0 Å². The van der Waals surface area contributed by atoms with Gasteiger partial charge in [0.25, 0.3) is 5.56 Å². The molecule has 154 valence electrons. The van der Waals surface area contributed by atoms with Crippen molar-refractivity contribution in [3.05, 3.63) is 70.8 Å². The highest BCUT2D eigenvalue weighted by atomic mass is 19.3. The van der Waals surface area contributed by atoms with E-state index < -0.39 is 12.2 Å². The summed E-state index contributed by atoms with van der Waals surface area (Å²) in [6.45, 7) is -2.86. The zero-order valence-corrected chi connectivity index (χ0v) is 15.9. The van der Waals surface area contributed by atoms with Crippen molar-refractivity contribution in [2.45, 2.75) is 19.7 Å². The van der Waals surface area contributed by atoms with Gasteiger partial charge in [0.15, 0.2) is 0 Å². The Balaban J connectivity index is 1.49. The summed E-state index contributed by atoms with van der Waals surface area (Å²) < 4.78 is 35.6. The Bertz CT molecular complexity index is 1260. The maximum absolute atomic E-state index is 12.7. The Hall–Kier alpha value is -3.75. The van der Waals surface area contributed by atoms with E-state index in [0.717, 1.165) is 10.9 Å². The van der Waals surface area contributed by atoms with Crippen LogP contribution in [-0.4, -0.2) is 34.0 Å². The molecule has 4 aromatic rings. The largest absolute Gasteiger partial charge is 0.448 e. The molecule has 0 fully saturated rings.